The number of hydrogen-bond acceptors (Lipinski definition) is 4. The average molecular weight is 350 g/mol. The van der Waals surface area contributed by atoms with Crippen LogP contribution in [0.2, 0.25) is 0 Å². The van der Waals surface area contributed by atoms with Gasteiger partial charge in [0.2, 0.25) is 0 Å². The molecule has 6 heteroatoms. The fourth-order valence-corrected chi connectivity index (χ4v) is 2.70. The van der Waals surface area contributed by atoms with E-state index in [0.717, 1.165) is 15.7 Å². The smallest absolute Gasteiger partial charge is 0.345 e. The highest BCUT2D eigenvalue weighted by molar-refractivity contribution is 5.88. The van der Waals surface area contributed by atoms with E-state index in [0.29, 0.717) is 0 Å². The Morgan fingerprint density at radius 3 is 1.96 bits per heavy atom. The molecule has 0 unspecified atom stereocenters. The number of aromatic nitrogens is 2. The molecule has 0 saturated carbocycles. The van der Waals surface area contributed by atoms with E-state index in [9.17, 15) is 14.4 Å². The Morgan fingerprint density at radius 2 is 1.42 bits per heavy atom. The minimum Gasteiger partial charge on any atom is -0.465 e. The van der Waals surface area contributed by atoms with Crippen LogP contribution in [-0.2, 0) is 17.8 Å². The molecule has 3 rings (SSSR count). The summed E-state index contributed by atoms with van der Waals surface area (Å²) in [5.74, 6) is -0.765. The SMILES string of the molecule is COC(=O)c1cn(Cc2ccccc2)c(=O)n(Cc2ccccc2)c1=O. The van der Waals surface area contributed by atoms with Gasteiger partial charge in [0.05, 0.1) is 20.2 Å². The maximum absolute atomic E-state index is 12.8. The third-order valence-corrected chi connectivity index (χ3v) is 4.02. The van der Waals surface area contributed by atoms with E-state index < -0.39 is 17.2 Å². The second-order valence-electron chi connectivity index (χ2n) is 5.81. The Balaban J connectivity index is 2.12. The van der Waals surface area contributed by atoms with Crippen LogP contribution in [0.15, 0.2) is 76.4 Å². The Hall–Kier alpha value is -3.41. The van der Waals surface area contributed by atoms with Gasteiger partial charge in [0.1, 0.15) is 5.56 Å². The molecular formula is C20H18N2O4. The van der Waals surface area contributed by atoms with Crippen molar-refractivity contribution < 1.29 is 9.53 Å². The number of nitrogens with zero attached hydrogens (tertiary/aromatic N) is 2. The van der Waals surface area contributed by atoms with E-state index in [2.05, 4.69) is 0 Å². The molecule has 1 aromatic heterocycles. The zero-order valence-corrected chi connectivity index (χ0v) is 14.3. The van der Waals surface area contributed by atoms with Gasteiger partial charge in [-0.25, -0.2) is 9.59 Å². The molecule has 0 fully saturated rings. The first kappa shape index (κ1) is 17.4. The quantitative estimate of drug-likeness (QED) is 0.659. The molecule has 0 N–H and O–H groups in total. The van der Waals surface area contributed by atoms with E-state index in [-0.39, 0.29) is 18.7 Å². The molecule has 0 atom stereocenters. The van der Waals surface area contributed by atoms with Crippen molar-refractivity contribution in [3.8, 4) is 0 Å². The first-order valence-electron chi connectivity index (χ1n) is 8.10. The number of hydrogen-bond donors (Lipinski definition) is 0. The van der Waals surface area contributed by atoms with Crippen LogP contribution in [0, 0.1) is 0 Å². The number of methoxy groups -OCH3 is 1. The molecule has 132 valence electrons. The number of benzene rings is 2. The first-order valence-corrected chi connectivity index (χ1v) is 8.10. The molecule has 6 nitrogen and oxygen atoms in total. The normalized spacial score (nSPS) is 10.5. The van der Waals surface area contributed by atoms with Gasteiger partial charge < -0.3 is 4.74 Å². The van der Waals surface area contributed by atoms with Gasteiger partial charge in [-0.3, -0.25) is 13.9 Å². The lowest BCUT2D eigenvalue weighted by molar-refractivity contribution is 0.0596. The molecule has 0 spiro atoms. The summed E-state index contributed by atoms with van der Waals surface area (Å²) in [5, 5.41) is 0. The van der Waals surface area contributed by atoms with Gasteiger partial charge in [0.15, 0.2) is 0 Å². The van der Waals surface area contributed by atoms with Crippen molar-refractivity contribution >= 4 is 5.97 Å². The standard InChI is InChI=1S/C20H18N2O4/c1-26-19(24)17-14-21(12-15-8-4-2-5-9-15)20(25)22(18(17)23)13-16-10-6-3-7-11-16/h2-11,14H,12-13H2,1H3. The van der Waals surface area contributed by atoms with Gasteiger partial charge in [0, 0.05) is 6.20 Å². The van der Waals surface area contributed by atoms with Crippen LogP contribution in [0.1, 0.15) is 21.5 Å². The molecule has 0 aliphatic heterocycles. The molecule has 0 bridgehead atoms. The molecule has 0 aliphatic rings. The summed E-state index contributed by atoms with van der Waals surface area (Å²) in [6, 6.07) is 18.5. The van der Waals surface area contributed by atoms with Crippen LogP contribution in [0.4, 0.5) is 0 Å². The first-order chi connectivity index (χ1) is 12.6. The highest BCUT2D eigenvalue weighted by Gasteiger charge is 2.18. The zero-order valence-electron chi connectivity index (χ0n) is 14.3. The minimum atomic E-state index is -0.765. The Bertz CT molecular complexity index is 1020. The molecule has 1 heterocycles. The number of rotatable bonds is 5. The minimum absolute atomic E-state index is 0.0815. The Morgan fingerprint density at radius 1 is 0.885 bits per heavy atom. The predicted octanol–water partition coefficient (Wildman–Crippen LogP) is 1.89. The number of carbonyl (C=O) groups is 1. The van der Waals surface area contributed by atoms with Gasteiger partial charge in [0.25, 0.3) is 5.56 Å². The second-order valence-corrected chi connectivity index (χ2v) is 5.81. The number of carbonyl (C=O) groups excluding carboxylic acids is 1. The Labute approximate surface area is 149 Å². The average Bonchev–Trinajstić information content (AvgIpc) is 2.68. The van der Waals surface area contributed by atoms with E-state index in [1.165, 1.54) is 17.9 Å². The van der Waals surface area contributed by atoms with Crippen LogP contribution < -0.4 is 11.2 Å². The highest BCUT2D eigenvalue weighted by atomic mass is 16.5. The van der Waals surface area contributed by atoms with Crippen molar-refractivity contribution in [1.29, 1.82) is 0 Å². The van der Waals surface area contributed by atoms with E-state index in [1.54, 1.807) is 0 Å². The highest BCUT2D eigenvalue weighted by Crippen LogP contribution is 2.03. The van der Waals surface area contributed by atoms with E-state index in [1.807, 2.05) is 60.7 Å². The summed E-state index contributed by atoms with van der Waals surface area (Å²) in [7, 11) is 1.20. The van der Waals surface area contributed by atoms with Gasteiger partial charge in [-0.2, -0.15) is 0 Å². The van der Waals surface area contributed by atoms with E-state index >= 15 is 0 Å². The van der Waals surface area contributed by atoms with Crippen molar-refractivity contribution in [3.05, 3.63) is 104 Å². The predicted molar refractivity (Wildman–Crippen MR) is 97.4 cm³/mol. The molecule has 0 radical (unpaired) electrons. The molecule has 0 amide bonds. The fraction of sp³-hybridized carbons (Fsp3) is 0.150. The topological polar surface area (TPSA) is 70.3 Å². The van der Waals surface area contributed by atoms with Gasteiger partial charge in [-0.05, 0) is 11.1 Å². The van der Waals surface area contributed by atoms with E-state index in [4.69, 9.17) is 4.74 Å². The van der Waals surface area contributed by atoms with Crippen LogP contribution in [0.3, 0.4) is 0 Å². The number of ether oxygens (including phenoxy) is 1. The summed E-state index contributed by atoms with van der Waals surface area (Å²) < 4.78 is 7.11. The summed E-state index contributed by atoms with van der Waals surface area (Å²) in [6.45, 7) is 0.330. The fourth-order valence-electron chi connectivity index (χ4n) is 2.70. The maximum atomic E-state index is 12.8. The van der Waals surface area contributed by atoms with Crippen molar-refractivity contribution in [2.75, 3.05) is 7.11 Å². The summed E-state index contributed by atoms with van der Waals surface area (Å²) in [5.41, 5.74) is 0.375. The van der Waals surface area contributed by atoms with Crippen LogP contribution >= 0.6 is 0 Å². The van der Waals surface area contributed by atoms with Crippen LogP contribution in [0.5, 0.6) is 0 Å². The summed E-state index contributed by atoms with van der Waals surface area (Å²) >= 11 is 0. The van der Waals surface area contributed by atoms with Crippen molar-refractivity contribution in [2.45, 2.75) is 13.1 Å². The van der Waals surface area contributed by atoms with Crippen molar-refractivity contribution in [1.82, 2.24) is 9.13 Å². The molecular weight excluding hydrogens is 332 g/mol. The van der Waals surface area contributed by atoms with Crippen molar-refractivity contribution in [3.63, 3.8) is 0 Å². The molecule has 0 saturated heterocycles. The lowest BCUT2D eigenvalue weighted by Crippen LogP contribution is -2.42. The summed E-state index contributed by atoms with van der Waals surface area (Å²) in [4.78, 5) is 37.5. The molecule has 0 aliphatic carbocycles. The number of esters is 1. The van der Waals surface area contributed by atoms with Crippen molar-refractivity contribution in [2.24, 2.45) is 0 Å². The lowest BCUT2D eigenvalue weighted by Gasteiger charge is -2.12. The van der Waals surface area contributed by atoms with Gasteiger partial charge >= 0.3 is 11.7 Å². The monoisotopic (exact) mass is 350 g/mol. The maximum Gasteiger partial charge on any atom is 0.345 e. The van der Waals surface area contributed by atoms with Gasteiger partial charge in [-0.1, -0.05) is 60.7 Å². The third kappa shape index (κ3) is 3.64. The summed E-state index contributed by atoms with van der Waals surface area (Å²) in [6.07, 6.45) is 1.27. The molecule has 26 heavy (non-hydrogen) atoms. The second kappa shape index (κ2) is 7.65. The molecule has 2 aromatic carbocycles. The van der Waals surface area contributed by atoms with Gasteiger partial charge in [-0.15, -0.1) is 0 Å². The third-order valence-electron chi connectivity index (χ3n) is 4.02. The lowest BCUT2D eigenvalue weighted by atomic mass is 10.2. The van der Waals surface area contributed by atoms with Crippen LogP contribution in [-0.4, -0.2) is 22.2 Å². The Kier molecular flexibility index (Phi) is 5.12. The molecule has 3 aromatic rings. The largest absolute Gasteiger partial charge is 0.465 e. The zero-order chi connectivity index (χ0) is 18.5. The van der Waals surface area contributed by atoms with Crippen LogP contribution in [0.25, 0.3) is 0 Å².